The summed E-state index contributed by atoms with van der Waals surface area (Å²) in [6.45, 7) is 1.80. The van der Waals surface area contributed by atoms with Crippen LogP contribution in [0, 0.1) is 18.6 Å². The van der Waals surface area contributed by atoms with E-state index in [1.54, 1.807) is 29.7 Å². The third kappa shape index (κ3) is 1.83. The van der Waals surface area contributed by atoms with Crippen LogP contribution in [0.25, 0.3) is 16.8 Å². The number of aromatic nitrogens is 2. The van der Waals surface area contributed by atoms with E-state index in [2.05, 4.69) is 4.98 Å². The minimum atomic E-state index is -0.628. The van der Waals surface area contributed by atoms with Gasteiger partial charge in [-0.25, -0.2) is 13.8 Å². The summed E-state index contributed by atoms with van der Waals surface area (Å²) in [5, 5.41) is 0. The summed E-state index contributed by atoms with van der Waals surface area (Å²) in [4.78, 5) is 4.34. The van der Waals surface area contributed by atoms with Crippen LogP contribution in [0.3, 0.4) is 0 Å². The van der Waals surface area contributed by atoms with E-state index in [0.29, 0.717) is 17.2 Å². The number of anilines is 1. The Balaban J connectivity index is 2.31. The highest BCUT2D eigenvalue weighted by molar-refractivity contribution is 5.78. The van der Waals surface area contributed by atoms with Crippen LogP contribution in [0.15, 0.2) is 36.5 Å². The third-order valence-electron chi connectivity index (χ3n) is 3.02. The molecule has 2 N–H and O–H groups in total. The second kappa shape index (κ2) is 4.05. The maximum atomic E-state index is 13.8. The fraction of sp³-hybridized carbons (Fsp3) is 0.0714. The van der Waals surface area contributed by atoms with Crippen molar-refractivity contribution in [3.63, 3.8) is 0 Å². The predicted molar refractivity (Wildman–Crippen MR) is 69.7 cm³/mol. The quantitative estimate of drug-likeness (QED) is 0.729. The molecule has 0 fully saturated rings. The monoisotopic (exact) mass is 259 g/mol. The van der Waals surface area contributed by atoms with Crippen LogP contribution in [0.4, 0.5) is 14.5 Å². The van der Waals surface area contributed by atoms with Gasteiger partial charge in [-0.15, -0.1) is 0 Å². The highest BCUT2D eigenvalue weighted by Gasteiger charge is 2.14. The molecule has 3 rings (SSSR count). The molecule has 0 bridgehead atoms. The number of hydrogen-bond acceptors (Lipinski definition) is 2. The van der Waals surface area contributed by atoms with Gasteiger partial charge in [-0.3, -0.25) is 0 Å². The van der Waals surface area contributed by atoms with Crippen molar-refractivity contribution in [2.75, 3.05) is 5.73 Å². The Morgan fingerprint density at radius 2 is 1.95 bits per heavy atom. The van der Waals surface area contributed by atoms with Crippen molar-refractivity contribution in [1.82, 2.24) is 9.38 Å². The van der Waals surface area contributed by atoms with Crippen molar-refractivity contribution in [1.29, 1.82) is 0 Å². The number of hydrogen-bond donors (Lipinski definition) is 1. The van der Waals surface area contributed by atoms with Gasteiger partial charge < -0.3 is 10.1 Å². The summed E-state index contributed by atoms with van der Waals surface area (Å²) in [6, 6.07) is 6.96. The van der Waals surface area contributed by atoms with Crippen LogP contribution in [-0.4, -0.2) is 9.38 Å². The van der Waals surface area contributed by atoms with E-state index >= 15 is 0 Å². The zero-order valence-corrected chi connectivity index (χ0v) is 10.2. The first-order valence-corrected chi connectivity index (χ1v) is 5.76. The van der Waals surface area contributed by atoms with Gasteiger partial charge in [0.25, 0.3) is 0 Å². The number of nitrogens with two attached hydrogens (primary N) is 1. The normalized spacial score (nSPS) is 11.1. The summed E-state index contributed by atoms with van der Waals surface area (Å²) in [7, 11) is 0. The SMILES string of the molecule is Cc1nc(-c2ccc(F)cc2F)c2ccc(N)cn12. The highest BCUT2D eigenvalue weighted by Crippen LogP contribution is 2.28. The van der Waals surface area contributed by atoms with Gasteiger partial charge in [-0.05, 0) is 31.2 Å². The van der Waals surface area contributed by atoms with Crippen LogP contribution in [0.5, 0.6) is 0 Å². The molecule has 3 aromatic rings. The number of nitrogens with zero attached hydrogens (tertiary/aromatic N) is 2. The third-order valence-corrected chi connectivity index (χ3v) is 3.02. The Hall–Kier alpha value is -2.43. The molecule has 0 aliphatic carbocycles. The van der Waals surface area contributed by atoms with E-state index in [0.717, 1.165) is 11.6 Å². The van der Waals surface area contributed by atoms with Crippen molar-refractivity contribution in [2.24, 2.45) is 0 Å². The molecule has 96 valence electrons. The molecule has 0 amide bonds. The lowest BCUT2D eigenvalue weighted by atomic mass is 10.1. The summed E-state index contributed by atoms with van der Waals surface area (Å²) in [6.07, 6.45) is 1.72. The van der Waals surface area contributed by atoms with Gasteiger partial charge in [-0.1, -0.05) is 0 Å². The second-order valence-electron chi connectivity index (χ2n) is 4.35. The van der Waals surface area contributed by atoms with Crippen molar-refractivity contribution in [3.8, 4) is 11.3 Å². The fourth-order valence-electron chi connectivity index (χ4n) is 2.13. The number of fused-ring (bicyclic) bond motifs is 1. The maximum Gasteiger partial charge on any atom is 0.135 e. The van der Waals surface area contributed by atoms with E-state index in [9.17, 15) is 8.78 Å². The lowest BCUT2D eigenvalue weighted by molar-refractivity contribution is 0.585. The van der Waals surface area contributed by atoms with Crippen molar-refractivity contribution in [3.05, 3.63) is 54.0 Å². The van der Waals surface area contributed by atoms with Gasteiger partial charge in [0.15, 0.2) is 0 Å². The molecule has 1 aromatic carbocycles. The molecule has 0 unspecified atom stereocenters. The zero-order chi connectivity index (χ0) is 13.6. The van der Waals surface area contributed by atoms with Crippen molar-refractivity contribution in [2.45, 2.75) is 6.92 Å². The molecule has 5 heteroatoms. The molecule has 0 saturated carbocycles. The Morgan fingerprint density at radius 1 is 1.16 bits per heavy atom. The molecule has 0 aliphatic rings. The molecule has 3 nitrogen and oxygen atoms in total. The van der Waals surface area contributed by atoms with Gasteiger partial charge in [0.2, 0.25) is 0 Å². The van der Waals surface area contributed by atoms with Crippen molar-refractivity contribution < 1.29 is 8.78 Å². The molecule has 19 heavy (non-hydrogen) atoms. The standard InChI is InChI=1S/C14H11F2N3/c1-8-18-14(11-4-2-9(15)6-12(11)16)13-5-3-10(17)7-19(8)13/h2-7H,17H2,1H3. The van der Waals surface area contributed by atoms with Gasteiger partial charge in [0.05, 0.1) is 11.2 Å². The molecular formula is C14H11F2N3. The number of pyridine rings is 1. The first-order valence-electron chi connectivity index (χ1n) is 5.76. The molecule has 0 radical (unpaired) electrons. The largest absolute Gasteiger partial charge is 0.398 e. The van der Waals surface area contributed by atoms with E-state index in [1.165, 1.54) is 12.1 Å². The molecule has 2 heterocycles. The minimum Gasteiger partial charge on any atom is -0.398 e. The van der Waals surface area contributed by atoms with E-state index in [4.69, 9.17) is 5.73 Å². The van der Waals surface area contributed by atoms with Gasteiger partial charge >= 0.3 is 0 Å². The summed E-state index contributed by atoms with van der Waals surface area (Å²) < 4.78 is 28.6. The van der Waals surface area contributed by atoms with Gasteiger partial charge in [0, 0.05) is 23.5 Å². The van der Waals surface area contributed by atoms with E-state index < -0.39 is 11.6 Å². The summed E-state index contributed by atoms with van der Waals surface area (Å²) >= 11 is 0. The second-order valence-corrected chi connectivity index (χ2v) is 4.35. The molecular weight excluding hydrogens is 248 g/mol. The smallest absolute Gasteiger partial charge is 0.135 e. The average Bonchev–Trinajstić information content (AvgIpc) is 2.66. The van der Waals surface area contributed by atoms with Crippen LogP contribution < -0.4 is 5.73 Å². The van der Waals surface area contributed by atoms with Crippen molar-refractivity contribution >= 4 is 11.2 Å². The topological polar surface area (TPSA) is 43.3 Å². The Labute approximate surface area is 108 Å². The van der Waals surface area contributed by atoms with Gasteiger partial charge in [0.1, 0.15) is 17.5 Å². The minimum absolute atomic E-state index is 0.275. The Kier molecular flexibility index (Phi) is 2.48. The number of aryl methyl sites for hydroxylation is 1. The molecule has 2 aromatic heterocycles. The van der Waals surface area contributed by atoms with E-state index in [-0.39, 0.29) is 5.56 Å². The van der Waals surface area contributed by atoms with E-state index in [1.807, 2.05) is 0 Å². The lowest BCUT2D eigenvalue weighted by Gasteiger charge is -2.02. The van der Waals surface area contributed by atoms with Crippen LogP contribution in [0.2, 0.25) is 0 Å². The Bertz CT molecular complexity index is 778. The molecule has 0 aliphatic heterocycles. The first kappa shape index (κ1) is 11.6. The maximum absolute atomic E-state index is 13.8. The summed E-state index contributed by atoms with van der Waals surface area (Å²) in [5.74, 6) is -0.538. The Morgan fingerprint density at radius 3 is 2.68 bits per heavy atom. The molecule has 0 spiro atoms. The number of halogens is 2. The first-order chi connectivity index (χ1) is 9.06. The number of rotatable bonds is 1. The number of benzene rings is 1. The fourth-order valence-corrected chi connectivity index (χ4v) is 2.13. The molecule has 0 saturated heterocycles. The van der Waals surface area contributed by atoms with Gasteiger partial charge in [-0.2, -0.15) is 0 Å². The van der Waals surface area contributed by atoms with Crippen LogP contribution in [0.1, 0.15) is 5.82 Å². The highest BCUT2D eigenvalue weighted by atomic mass is 19.1. The van der Waals surface area contributed by atoms with Crippen LogP contribution >= 0.6 is 0 Å². The zero-order valence-electron chi connectivity index (χ0n) is 10.2. The molecule has 0 atom stereocenters. The van der Waals surface area contributed by atoms with Crippen LogP contribution in [-0.2, 0) is 0 Å². The lowest BCUT2D eigenvalue weighted by Crippen LogP contribution is -1.92. The number of imidazole rings is 1. The average molecular weight is 259 g/mol. The number of nitrogen functional groups attached to an aromatic ring is 1. The summed E-state index contributed by atoms with van der Waals surface area (Å²) in [5.41, 5.74) is 7.80. The predicted octanol–water partition coefficient (Wildman–Crippen LogP) is 3.17.